The van der Waals surface area contributed by atoms with E-state index in [0.717, 1.165) is 5.56 Å². The first-order valence-electron chi connectivity index (χ1n) is 8.36. The number of hydrogen-bond acceptors (Lipinski definition) is 5. The van der Waals surface area contributed by atoms with E-state index in [1.807, 2.05) is 39.0 Å². The number of likely N-dealkylation sites (tertiary alicyclic amines) is 1. The summed E-state index contributed by atoms with van der Waals surface area (Å²) < 4.78 is 16.0. The summed E-state index contributed by atoms with van der Waals surface area (Å²) in [6.07, 6.45) is 0.780. The lowest BCUT2D eigenvalue weighted by Crippen LogP contribution is -2.46. The molecular formula is C19H26N2O4. The van der Waals surface area contributed by atoms with Crippen LogP contribution in [0.2, 0.25) is 0 Å². The van der Waals surface area contributed by atoms with E-state index in [0.29, 0.717) is 37.4 Å². The summed E-state index contributed by atoms with van der Waals surface area (Å²) in [4.78, 5) is 13.9. The molecule has 0 N–H and O–H groups in total. The van der Waals surface area contributed by atoms with Gasteiger partial charge < -0.3 is 19.1 Å². The van der Waals surface area contributed by atoms with Gasteiger partial charge in [0.15, 0.2) is 11.5 Å². The van der Waals surface area contributed by atoms with Crippen LogP contribution in [-0.2, 0) is 10.2 Å². The van der Waals surface area contributed by atoms with Crippen molar-refractivity contribution in [3.63, 3.8) is 0 Å². The first-order valence-corrected chi connectivity index (χ1v) is 8.36. The molecule has 1 saturated heterocycles. The number of nitriles is 1. The molecule has 0 spiro atoms. The zero-order chi connectivity index (χ0) is 18.7. The average molecular weight is 346 g/mol. The molecule has 1 heterocycles. The predicted octanol–water partition coefficient (Wildman–Crippen LogP) is 3.50. The van der Waals surface area contributed by atoms with Gasteiger partial charge in [0.25, 0.3) is 0 Å². The van der Waals surface area contributed by atoms with Gasteiger partial charge in [-0.1, -0.05) is 6.07 Å². The number of ether oxygens (including phenoxy) is 3. The third-order valence-electron chi connectivity index (χ3n) is 4.42. The van der Waals surface area contributed by atoms with Crippen LogP contribution in [-0.4, -0.2) is 43.9 Å². The molecule has 0 saturated carbocycles. The van der Waals surface area contributed by atoms with Gasteiger partial charge in [-0.05, 0) is 51.3 Å². The topological polar surface area (TPSA) is 71.8 Å². The molecule has 1 amide bonds. The van der Waals surface area contributed by atoms with E-state index >= 15 is 0 Å². The summed E-state index contributed by atoms with van der Waals surface area (Å²) in [7, 11) is 3.16. The summed E-state index contributed by atoms with van der Waals surface area (Å²) in [6.45, 7) is 6.50. The van der Waals surface area contributed by atoms with Gasteiger partial charge in [0.05, 0.1) is 25.7 Å². The highest BCUT2D eigenvalue weighted by Crippen LogP contribution is 2.39. The SMILES string of the molecule is COc1ccc(C2(C#N)CCN(C(=O)OC(C)(C)C)CC2)cc1OC. The van der Waals surface area contributed by atoms with Crippen molar-refractivity contribution in [2.24, 2.45) is 0 Å². The first kappa shape index (κ1) is 18.9. The number of piperidine rings is 1. The van der Waals surface area contributed by atoms with Crippen molar-refractivity contribution in [2.75, 3.05) is 27.3 Å². The van der Waals surface area contributed by atoms with Crippen LogP contribution in [0.15, 0.2) is 18.2 Å². The number of hydrogen-bond donors (Lipinski definition) is 0. The van der Waals surface area contributed by atoms with Gasteiger partial charge >= 0.3 is 6.09 Å². The Bertz CT molecular complexity index is 665. The Morgan fingerprint density at radius 2 is 1.76 bits per heavy atom. The minimum atomic E-state index is -0.641. The van der Waals surface area contributed by atoms with Crippen molar-refractivity contribution >= 4 is 6.09 Å². The van der Waals surface area contributed by atoms with Crippen molar-refractivity contribution in [3.05, 3.63) is 23.8 Å². The van der Waals surface area contributed by atoms with Crippen molar-refractivity contribution in [2.45, 2.75) is 44.6 Å². The second-order valence-electron chi connectivity index (χ2n) is 7.23. The predicted molar refractivity (Wildman–Crippen MR) is 93.9 cm³/mol. The fourth-order valence-corrected chi connectivity index (χ4v) is 3.00. The van der Waals surface area contributed by atoms with Crippen LogP contribution < -0.4 is 9.47 Å². The van der Waals surface area contributed by atoms with Gasteiger partial charge in [-0.15, -0.1) is 0 Å². The molecule has 0 radical (unpaired) electrons. The Kier molecular flexibility index (Phi) is 5.46. The summed E-state index contributed by atoms with van der Waals surface area (Å²) in [5, 5.41) is 9.84. The van der Waals surface area contributed by atoms with Crippen LogP contribution in [0.3, 0.4) is 0 Å². The van der Waals surface area contributed by atoms with Crippen LogP contribution in [0.4, 0.5) is 4.79 Å². The molecule has 1 fully saturated rings. The minimum absolute atomic E-state index is 0.327. The number of amides is 1. The second kappa shape index (κ2) is 7.22. The van der Waals surface area contributed by atoms with E-state index in [-0.39, 0.29) is 6.09 Å². The molecule has 6 nitrogen and oxygen atoms in total. The number of carbonyl (C=O) groups is 1. The molecule has 1 aromatic rings. The van der Waals surface area contributed by atoms with E-state index < -0.39 is 11.0 Å². The molecule has 136 valence electrons. The van der Waals surface area contributed by atoms with Gasteiger partial charge in [0.2, 0.25) is 0 Å². The minimum Gasteiger partial charge on any atom is -0.493 e. The molecule has 6 heteroatoms. The summed E-state index contributed by atoms with van der Waals surface area (Å²) in [5.41, 5.74) is -0.279. The van der Waals surface area contributed by atoms with Gasteiger partial charge in [0, 0.05) is 13.1 Å². The van der Waals surface area contributed by atoms with Gasteiger partial charge in [-0.3, -0.25) is 0 Å². The molecule has 0 aliphatic carbocycles. The van der Waals surface area contributed by atoms with Crippen molar-refractivity contribution in [3.8, 4) is 17.6 Å². The van der Waals surface area contributed by atoms with Crippen molar-refractivity contribution < 1.29 is 19.0 Å². The third-order valence-corrected chi connectivity index (χ3v) is 4.42. The molecule has 0 bridgehead atoms. The lowest BCUT2D eigenvalue weighted by Gasteiger charge is -2.38. The van der Waals surface area contributed by atoms with Gasteiger partial charge in [0.1, 0.15) is 5.60 Å². The Hall–Kier alpha value is -2.42. The van der Waals surface area contributed by atoms with E-state index in [2.05, 4.69) is 6.07 Å². The highest BCUT2D eigenvalue weighted by molar-refractivity contribution is 5.68. The maximum Gasteiger partial charge on any atom is 0.410 e. The Morgan fingerprint density at radius 1 is 1.16 bits per heavy atom. The van der Waals surface area contributed by atoms with Crippen LogP contribution in [0.5, 0.6) is 11.5 Å². The molecule has 1 aromatic carbocycles. The highest BCUT2D eigenvalue weighted by Gasteiger charge is 2.39. The molecule has 1 aliphatic rings. The maximum absolute atomic E-state index is 12.2. The van der Waals surface area contributed by atoms with Gasteiger partial charge in [-0.2, -0.15) is 5.26 Å². The molecule has 0 aromatic heterocycles. The Morgan fingerprint density at radius 3 is 2.24 bits per heavy atom. The number of methoxy groups -OCH3 is 2. The fraction of sp³-hybridized carbons (Fsp3) is 0.579. The smallest absolute Gasteiger partial charge is 0.410 e. The highest BCUT2D eigenvalue weighted by atomic mass is 16.6. The Balaban J connectivity index is 2.17. The monoisotopic (exact) mass is 346 g/mol. The quantitative estimate of drug-likeness (QED) is 0.838. The zero-order valence-corrected chi connectivity index (χ0v) is 15.6. The summed E-state index contributed by atoms with van der Waals surface area (Å²) in [5.74, 6) is 1.23. The first-order chi connectivity index (χ1) is 11.7. The lowest BCUT2D eigenvalue weighted by atomic mass is 9.74. The van der Waals surface area contributed by atoms with Crippen molar-refractivity contribution in [1.82, 2.24) is 4.90 Å². The van der Waals surface area contributed by atoms with Crippen LogP contribution in [0.1, 0.15) is 39.2 Å². The molecule has 2 rings (SSSR count). The molecule has 25 heavy (non-hydrogen) atoms. The molecule has 0 atom stereocenters. The number of benzene rings is 1. The number of nitrogens with zero attached hydrogens (tertiary/aromatic N) is 2. The molecule has 1 aliphatic heterocycles. The number of carbonyl (C=O) groups excluding carboxylic acids is 1. The largest absolute Gasteiger partial charge is 0.493 e. The molecular weight excluding hydrogens is 320 g/mol. The van der Waals surface area contributed by atoms with Crippen LogP contribution in [0, 0.1) is 11.3 Å². The van der Waals surface area contributed by atoms with E-state index in [4.69, 9.17) is 14.2 Å². The third kappa shape index (κ3) is 4.16. The maximum atomic E-state index is 12.2. The van der Waals surface area contributed by atoms with E-state index in [1.54, 1.807) is 19.1 Å². The van der Waals surface area contributed by atoms with Crippen LogP contribution >= 0.6 is 0 Å². The fourth-order valence-electron chi connectivity index (χ4n) is 3.00. The summed E-state index contributed by atoms with van der Waals surface area (Å²) >= 11 is 0. The van der Waals surface area contributed by atoms with E-state index in [9.17, 15) is 10.1 Å². The number of rotatable bonds is 3. The van der Waals surface area contributed by atoms with Gasteiger partial charge in [-0.25, -0.2) is 4.79 Å². The lowest BCUT2D eigenvalue weighted by molar-refractivity contribution is 0.0185. The van der Waals surface area contributed by atoms with Crippen molar-refractivity contribution in [1.29, 1.82) is 5.26 Å². The van der Waals surface area contributed by atoms with Crippen LogP contribution in [0.25, 0.3) is 0 Å². The zero-order valence-electron chi connectivity index (χ0n) is 15.6. The normalized spacial score (nSPS) is 16.7. The second-order valence-corrected chi connectivity index (χ2v) is 7.23. The standard InChI is InChI=1S/C19H26N2O4/c1-18(2,3)25-17(22)21-10-8-19(13-20,9-11-21)14-6-7-15(23-4)16(12-14)24-5/h6-7,12H,8-11H2,1-5H3. The average Bonchev–Trinajstić information content (AvgIpc) is 2.59. The Labute approximate surface area is 149 Å². The van der Waals surface area contributed by atoms with E-state index in [1.165, 1.54) is 0 Å². The summed E-state index contributed by atoms with van der Waals surface area (Å²) in [6, 6.07) is 8.02. The molecule has 0 unspecified atom stereocenters.